The fourth-order valence-corrected chi connectivity index (χ4v) is 2.60. The third-order valence-electron chi connectivity index (χ3n) is 3.74. The van der Waals surface area contributed by atoms with Crippen molar-refractivity contribution in [1.82, 2.24) is 5.32 Å². The quantitative estimate of drug-likeness (QED) is 0.764. The Morgan fingerprint density at radius 2 is 1.95 bits per heavy atom. The van der Waals surface area contributed by atoms with Crippen LogP contribution in [0.15, 0.2) is 0 Å². The molecule has 3 N–H and O–H groups in total. The molecule has 1 saturated carbocycles. The lowest BCUT2D eigenvalue weighted by molar-refractivity contribution is -0.126. The minimum Gasteiger partial charge on any atom is -0.356 e. The van der Waals surface area contributed by atoms with Crippen LogP contribution in [-0.2, 0) is 4.79 Å². The molecule has 0 aliphatic heterocycles. The normalized spacial score (nSPS) is 23.6. The summed E-state index contributed by atoms with van der Waals surface area (Å²) in [5.74, 6) is 0.386. The van der Waals surface area contributed by atoms with Gasteiger partial charge in [0.25, 0.3) is 0 Å². The van der Waals surface area contributed by atoms with Gasteiger partial charge >= 0.3 is 0 Å². The van der Waals surface area contributed by atoms with Crippen molar-refractivity contribution in [3.05, 3.63) is 0 Å². The van der Waals surface area contributed by atoms with Gasteiger partial charge in [-0.2, -0.15) is 0 Å². The lowest BCUT2D eigenvalue weighted by atomic mass is 9.85. The largest absolute Gasteiger partial charge is 0.356 e. The lowest BCUT2D eigenvalue weighted by Gasteiger charge is -2.25. The van der Waals surface area contributed by atoms with E-state index in [0.717, 1.165) is 38.6 Å². The molecule has 3 nitrogen and oxygen atoms in total. The third-order valence-corrected chi connectivity index (χ3v) is 3.74. The summed E-state index contributed by atoms with van der Waals surface area (Å²) in [5.41, 5.74) is 6.31. The Balaban J connectivity index is 0.00000324. The number of halogens is 1. The van der Waals surface area contributed by atoms with E-state index in [2.05, 4.69) is 26.1 Å². The fourth-order valence-electron chi connectivity index (χ4n) is 2.60. The van der Waals surface area contributed by atoms with Crippen LogP contribution in [0.4, 0.5) is 0 Å². The van der Waals surface area contributed by atoms with E-state index in [4.69, 9.17) is 5.73 Å². The monoisotopic (exact) mass is 290 g/mol. The van der Waals surface area contributed by atoms with Gasteiger partial charge in [0.05, 0.1) is 0 Å². The number of carbonyl (C=O) groups is 1. The van der Waals surface area contributed by atoms with Crippen LogP contribution in [0.2, 0.25) is 0 Å². The summed E-state index contributed by atoms with van der Waals surface area (Å²) in [4.78, 5) is 11.9. The Morgan fingerprint density at radius 3 is 2.53 bits per heavy atom. The molecule has 0 saturated heterocycles. The first-order chi connectivity index (χ1) is 8.38. The molecule has 2 atom stereocenters. The number of amides is 1. The first kappa shape index (κ1) is 18.7. The average Bonchev–Trinajstić information content (AvgIpc) is 2.26. The van der Waals surface area contributed by atoms with Gasteiger partial charge in [-0.15, -0.1) is 12.4 Å². The van der Waals surface area contributed by atoms with E-state index >= 15 is 0 Å². The first-order valence-corrected chi connectivity index (χ1v) is 7.42. The van der Waals surface area contributed by atoms with Crippen LogP contribution >= 0.6 is 12.4 Å². The van der Waals surface area contributed by atoms with Gasteiger partial charge in [0.2, 0.25) is 5.91 Å². The number of nitrogens with two attached hydrogens (primary N) is 1. The Labute approximate surface area is 124 Å². The summed E-state index contributed by atoms with van der Waals surface area (Å²) in [7, 11) is 0. The van der Waals surface area contributed by atoms with Crippen LogP contribution in [0.3, 0.4) is 0 Å². The second-order valence-electron chi connectivity index (χ2n) is 6.93. The smallest absolute Gasteiger partial charge is 0.223 e. The number of hydrogen-bond acceptors (Lipinski definition) is 2. The van der Waals surface area contributed by atoms with Crippen molar-refractivity contribution >= 4 is 18.3 Å². The highest BCUT2D eigenvalue weighted by Gasteiger charge is 2.24. The molecule has 0 radical (unpaired) electrons. The molecular formula is C15H31ClN2O. The molecule has 1 rings (SSSR count). The van der Waals surface area contributed by atoms with Gasteiger partial charge in [0.1, 0.15) is 0 Å². The van der Waals surface area contributed by atoms with E-state index in [9.17, 15) is 4.79 Å². The van der Waals surface area contributed by atoms with Gasteiger partial charge in [-0.3, -0.25) is 4.79 Å². The molecule has 0 heterocycles. The van der Waals surface area contributed by atoms with E-state index < -0.39 is 0 Å². The van der Waals surface area contributed by atoms with Crippen LogP contribution in [0.5, 0.6) is 0 Å². The summed E-state index contributed by atoms with van der Waals surface area (Å²) in [6, 6.07) is 0.232. The van der Waals surface area contributed by atoms with Crippen molar-refractivity contribution in [2.24, 2.45) is 17.1 Å². The molecule has 2 unspecified atom stereocenters. The third kappa shape index (κ3) is 8.48. The van der Waals surface area contributed by atoms with E-state index in [1.54, 1.807) is 0 Å². The van der Waals surface area contributed by atoms with Crippen LogP contribution in [0.25, 0.3) is 0 Å². The molecule has 0 aromatic carbocycles. The summed E-state index contributed by atoms with van der Waals surface area (Å²) in [5, 5.41) is 3.06. The Morgan fingerprint density at radius 1 is 1.26 bits per heavy atom. The number of nitrogens with one attached hydrogen (secondary N) is 1. The molecule has 1 aliphatic rings. The number of rotatable bonds is 5. The van der Waals surface area contributed by atoms with Crippen molar-refractivity contribution < 1.29 is 4.79 Å². The van der Waals surface area contributed by atoms with Gasteiger partial charge in [0, 0.05) is 18.5 Å². The maximum Gasteiger partial charge on any atom is 0.223 e. The van der Waals surface area contributed by atoms with E-state index in [0.29, 0.717) is 5.41 Å². The minimum absolute atomic E-state index is 0. The van der Waals surface area contributed by atoms with Crippen molar-refractivity contribution in [1.29, 1.82) is 0 Å². The van der Waals surface area contributed by atoms with Crippen LogP contribution in [0, 0.1) is 11.3 Å². The van der Waals surface area contributed by atoms with Crippen molar-refractivity contribution in [3.63, 3.8) is 0 Å². The van der Waals surface area contributed by atoms with Crippen LogP contribution in [0.1, 0.15) is 65.7 Å². The SMILES string of the molecule is CC(C)(C)CCCCNC(=O)C1CCCC(N)C1.Cl. The van der Waals surface area contributed by atoms with Crippen molar-refractivity contribution in [2.75, 3.05) is 6.54 Å². The second-order valence-corrected chi connectivity index (χ2v) is 6.93. The van der Waals surface area contributed by atoms with E-state index in [1.165, 1.54) is 12.8 Å². The van der Waals surface area contributed by atoms with Crippen molar-refractivity contribution in [2.45, 2.75) is 71.8 Å². The van der Waals surface area contributed by atoms with E-state index in [-0.39, 0.29) is 30.3 Å². The lowest BCUT2D eigenvalue weighted by Crippen LogP contribution is -2.38. The summed E-state index contributed by atoms with van der Waals surface area (Å²) < 4.78 is 0. The summed E-state index contributed by atoms with van der Waals surface area (Å²) in [6.45, 7) is 7.60. The zero-order chi connectivity index (χ0) is 13.6. The topological polar surface area (TPSA) is 55.1 Å². The highest BCUT2D eigenvalue weighted by molar-refractivity contribution is 5.85. The minimum atomic E-state index is 0. The summed E-state index contributed by atoms with van der Waals surface area (Å²) >= 11 is 0. The highest BCUT2D eigenvalue weighted by Crippen LogP contribution is 2.23. The van der Waals surface area contributed by atoms with Gasteiger partial charge in [-0.1, -0.05) is 33.6 Å². The van der Waals surface area contributed by atoms with Crippen molar-refractivity contribution in [3.8, 4) is 0 Å². The summed E-state index contributed by atoms with van der Waals surface area (Å²) in [6.07, 6.45) is 7.56. The number of unbranched alkanes of at least 4 members (excludes halogenated alkanes) is 1. The standard InChI is InChI=1S/C15H30N2O.ClH/c1-15(2,3)9-4-5-10-17-14(18)12-7-6-8-13(16)11-12;/h12-13H,4-11,16H2,1-3H3,(H,17,18);1H. The predicted octanol–water partition coefficient (Wildman–Crippen LogP) is 3.26. The van der Waals surface area contributed by atoms with Gasteiger partial charge < -0.3 is 11.1 Å². The number of hydrogen-bond donors (Lipinski definition) is 2. The Hall–Kier alpha value is -0.280. The zero-order valence-electron chi connectivity index (χ0n) is 12.7. The van der Waals surface area contributed by atoms with Gasteiger partial charge in [-0.25, -0.2) is 0 Å². The molecule has 0 spiro atoms. The van der Waals surface area contributed by atoms with Crippen LogP contribution in [-0.4, -0.2) is 18.5 Å². The zero-order valence-corrected chi connectivity index (χ0v) is 13.5. The maximum atomic E-state index is 11.9. The van der Waals surface area contributed by atoms with Crippen LogP contribution < -0.4 is 11.1 Å². The maximum absolute atomic E-state index is 11.9. The van der Waals surface area contributed by atoms with E-state index in [1.807, 2.05) is 0 Å². The number of carbonyl (C=O) groups excluding carboxylic acids is 1. The average molecular weight is 291 g/mol. The molecule has 19 heavy (non-hydrogen) atoms. The molecular weight excluding hydrogens is 260 g/mol. The molecule has 0 bridgehead atoms. The molecule has 1 fully saturated rings. The molecule has 114 valence electrons. The predicted molar refractivity (Wildman–Crippen MR) is 83.5 cm³/mol. The Kier molecular flexibility index (Phi) is 8.67. The molecule has 0 aromatic rings. The van der Waals surface area contributed by atoms with Gasteiger partial charge in [-0.05, 0) is 37.5 Å². The molecule has 0 aromatic heterocycles. The second kappa shape index (κ2) is 8.80. The molecule has 1 aliphatic carbocycles. The van der Waals surface area contributed by atoms with Gasteiger partial charge in [0.15, 0.2) is 0 Å². The Bertz CT molecular complexity index is 263. The highest BCUT2D eigenvalue weighted by atomic mass is 35.5. The molecule has 1 amide bonds. The fraction of sp³-hybridized carbons (Fsp3) is 0.933. The molecule has 4 heteroatoms. The first-order valence-electron chi connectivity index (χ1n) is 7.42.